The van der Waals surface area contributed by atoms with E-state index in [4.69, 9.17) is 28.2 Å². The minimum atomic E-state index is -0.450. The van der Waals surface area contributed by atoms with Crippen molar-refractivity contribution in [3.8, 4) is 0 Å². The van der Waals surface area contributed by atoms with Gasteiger partial charge in [0.05, 0.1) is 17.3 Å². The quantitative estimate of drug-likeness (QED) is 0.644. The molecule has 0 fully saturated rings. The molecule has 1 aromatic heterocycles. The average Bonchev–Trinajstić information content (AvgIpc) is 3.05. The van der Waals surface area contributed by atoms with Crippen LogP contribution in [0.2, 0.25) is 5.02 Å². The number of anilines is 1. The summed E-state index contributed by atoms with van der Waals surface area (Å²) in [4.78, 5) is 2.07. The van der Waals surface area contributed by atoms with Gasteiger partial charge in [-0.1, -0.05) is 25.4 Å². The van der Waals surface area contributed by atoms with E-state index in [9.17, 15) is 4.39 Å². The smallest absolute Gasteiger partial charge is 0.174 e. The lowest BCUT2D eigenvalue weighted by Crippen LogP contribution is -2.38. The molecular formula is C18H22ClFN2OS. The lowest BCUT2D eigenvalue weighted by Gasteiger charge is -2.31. The number of rotatable bonds is 6. The molecule has 1 aromatic carbocycles. The number of nitrogens with zero attached hydrogens (tertiary/aromatic N) is 1. The number of halogens is 2. The van der Waals surface area contributed by atoms with E-state index in [0.717, 1.165) is 18.7 Å². The highest BCUT2D eigenvalue weighted by atomic mass is 35.5. The van der Waals surface area contributed by atoms with Gasteiger partial charge in [-0.15, -0.1) is 0 Å². The van der Waals surface area contributed by atoms with Gasteiger partial charge < -0.3 is 14.6 Å². The van der Waals surface area contributed by atoms with E-state index in [-0.39, 0.29) is 11.1 Å². The molecule has 0 aliphatic carbocycles. The first kappa shape index (κ1) is 18.7. The Kier molecular flexibility index (Phi) is 6.63. The third kappa shape index (κ3) is 4.95. The Morgan fingerprint density at radius 2 is 2.08 bits per heavy atom. The van der Waals surface area contributed by atoms with E-state index in [0.29, 0.717) is 16.7 Å². The van der Waals surface area contributed by atoms with E-state index >= 15 is 0 Å². The highest BCUT2D eigenvalue weighted by Gasteiger charge is 2.21. The maximum absolute atomic E-state index is 13.3. The lowest BCUT2D eigenvalue weighted by atomic mass is 10.1. The number of nitrogens with one attached hydrogen (secondary N) is 1. The fourth-order valence-corrected chi connectivity index (χ4v) is 2.87. The molecule has 3 nitrogen and oxygen atoms in total. The van der Waals surface area contributed by atoms with Gasteiger partial charge in [0.1, 0.15) is 11.6 Å². The topological polar surface area (TPSA) is 28.4 Å². The van der Waals surface area contributed by atoms with Gasteiger partial charge in [0.15, 0.2) is 5.11 Å². The second-order valence-corrected chi connectivity index (χ2v) is 6.92. The van der Waals surface area contributed by atoms with E-state index in [1.165, 1.54) is 12.1 Å². The van der Waals surface area contributed by atoms with E-state index in [2.05, 4.69) is 24.1 Å². The van der Waals surface area contributed by atoms with Crippen LogP contribution >= 0.6 is 23.8 Å². The summed E-state index contributed by atoms with van der Waals surface area (Å²) in [5, 5.41) is 3.76. The number of hydrogen-bond acceptors (Lipinski definition) is 2. The first-order valence-corrected chi connectivity index (χ1v) is 8.73. The molecule has 2 rings (SSSR count). The normalized spacial score (nSPS) is 12.2. The van der Waals surface area contributed by atoms with Gasteiger partial charge in [0.2, 0.25) is 0 Å². The second-order valence-electron chi connectivity index (χ2n) is 6.13. The monoisotopic (exact) mass is 368 g/mol. The molecule has 0 radical (unpaired) electrons. The van der Waals surface area contributed by atoms with Gasteiger partial charge >= 0.3 is 0 Å². The van der Waals surface area contributed by atoms with Crippen LogP contribution in [0.5, 0.6) is 0 Å². The van der Waals surface area contributed by atoms with Crippen LogP contribution in [0.25, 0.3) is 0 Å². The molecule has 0 spiro atoms. The molecule has 0 aliphatic rings. The first-order chi connectivity index (χ1) is 11.4. The van der Waals surface area contributed by atoms with Crippen molar-refractivity contribution < 1.29 is 8.81 Å². The Morgan fingerprint density at radius 1 is 1.33 bits per heavy atom. The summed E-state index contributed by atoms with van der Waals surface area (Å²) >= 11 is 11.4. The van der Waals surface area contributed by atoms with Crippen LogP contribution in [0.3, 0.4) is 0 Å². The second kappa shape index (κ2) is 8.49. The minimum Gasteiger partial charge on any atom is -0.467 e. The van der Waals surface area contributed by atoms with Gasteiger partial charge in [-0.05, 0) is 61.8 Å². The molecule has 0 aliphatic heterocycles. The zero-order chi connectivity index (χ0) is 17.7. The first-order valence-electron chi connectivity index (χ1n) is 7.94. The SMILES string of the molecule is CC(C)CCN(C(=S)Nc1ccc(F)c(Cl)c1)[C@H](C)c1ccco1. The van der Waals surface area contributed by atoms with Crippen LogP contribution in [0, 0.1) is 11.7 Å². The molecule has 0 amide bonds. The van der Waals surface area contributed by atoms with Gasteiger partial charge in [-0.2, -0.15) is 0 Å². The number of benzene rings is 1. The maximum atomic E-state index is 13.3. The van der Waals surface area contributed by atoms with Crippen molar-refractivity contribution in [2.24, 2.45) is 5.92 Å². The molecule has 1 atom stereocenters. The fraction of sp³-hybridized carbons (Fsp3) is 0.389. The summed E-state index contributed by atoms with van der Waals surface area (Å²) in [6.07, 6.45) is 2.65. The molecule has 1 heterocycles. The lowest BCUT2D eigenvalue weighted by molar-refractivity contribution is 0.281. The van der Waals surface area contributed by atoms with Crippen LogP contribution in [-0.4, -0.2) is 16.6 Å². The third-order valence-corrected chi connectivity index (χ3v) is 4.43. The van der Waals surface area contributed by atoms with Crippen LogP contribution in [0.4, 0.5) is 10.1 Å². The number of thiocarbonyl (C=S) groups is 1. The molecule has 0 saturated carbocycles. The molecule has 0 saturated heterocycles. The van der Waals surface area contributed by atoms with Crippen molar-refractivity contribution in [3.63, 3.8) is 0 Å². The Balaban J connectivity index is 2.15. The van der Waals surface area contributed by atoms with Crippen molar-refractivity contribution in [2.45, 2.75) is 33.2 Å². The fourth-order valence-electron chi connectivity index (χ4n) is 2.32. The van der Waals surface area contributed by atoms with Crippen molar-refractivity contribution in [1.29, 1.82) is 0 Å². The Morgan fingerprint density at radius 3 is 2.67 bits per heavy atom. The summed E-state index contributed by atoms with van der Waals surface area (Å²) in [6, 6.07) is 8.26. The molecule has 1 N–H and O–H groups in total. The molecular weight excluding hydrogens is 347 g/mol. The van der Waals surface area contributed by atoms with Gasteiger partial charge in [-0.3, -0.25) is 0 Å². The Labute approximate surface area is 152 Å². The largest absolute Gasteiger partial charge is 0.467 e. The summed E-state index contributed by atoms with van der Waals surface area (Å²) in [6.45, 7) is 7.18. The summed E-state index contributed by atoms with van der Waals surface area (Å²) < 4.78 is 18.8. The third-order valence-electron chi connectivity index (χ3n) is 3.80. The van der Waals surface area contributed by atoms with Crippen molar-refractivity contribution >= 4 is 34.6 Å². The van der Waals surface area contributed by atoms with Crippen LogP contribution < -0.4 is 5.32 Å². The highest BCUT2D eigenvalue weighted by molar-refractivity contribution is 7.80. The number of hydrogen-bond donors (Lipinski definition) is 1. The van der Waals surface area contributed by atoms with Crippen LogP contribution in [0.1, 0.15) is 39.0 Å². The zero-order valence-corrected chi connectivity index (χ0v) is 15.6. The summed E-state index contributed by atoms with van der Waals surface area (Å²) in [7, 11) is 0. The van der Waals surface area contributed by atoms with E-state index in [1.807, 2.05) is 19.1 Å². The molecule has 6 heteroatoms. The molecule has 24 heavy (non-hydrogen) atoms. The van der Waals surface area contributed by atoms with E-state index < -0.39 is 5.82 Å². The van der Waals surface area contributed by atoms with Gasteiger partial charge in [0.25, 0.3) is 0 Å². The highest BCUT2D eigenvalue weighted by Crippen LogP contribution is 2.24. The average molecular weight is 369 g/mol. The zero-order valence-electron chi connectivity index (χ0n) is 14.1. The summed E-state index contributed by atoms with van der Waals surface area (Å²) in [5.74, 6) is 0.952. The van der Waals surface area contributed by atoms with Crippen LogP contribution in [0.15, 0.2) is 41.0 Å². The Bertz CT molecular complexity index is 676. The predicted molar refractivity (Wildman–Crippen MR) is 101 cm³/mol. The standard InChI is InChI=1S/C18H22ClFN2OS/c1-12(2)8-9-22(13(3)17-5-4-10-23-17)18(24)21-14-6-7-16(20)15(19)11-14/h4-7,10-13H,8-9H2,1-3H3,(H,21,24)/t13-/m1/s1. The van der Waals surface area contributed by atoms with Crippen LogP contribution in [-0.2, 0) is 0 Å². The summed E-state index contributed by atoms with van der Waals surface area (Å²) in [5.41, 5.74) is 0.660. The van der Waals surface area contributed by atoms with Gasteiger partial charge in [0, 0.05) is 12.2 Å². The van der Waals surface area contributed by atoms with Crippen molar-refractivity contribution in [2.75, 3.05) is 11.9 Å². The van der Waals surface area contributed by atoms with Crippen molar-refractivity contribution in [1.82, 2.24) is 4.90 Å². The minimum absolute atomic E-state index is 0.00493. The molecule has 0 bridgehead atoms. The predicted octanol–water partition coefficient (Wildman–Crippen LogP) is 5.88. The maximum Gasteiger partial charge on any atom is 0.174 e. The van der Waals surface area contributed by atoms with E-state index in [1.54, 1.807) is 12.3 Å². The molecule has 130 valence electrons. The molecule has 2 aromatic rings. The number of furan rings is 1. The van der Waals surface area contributed by atoms with Gasteiger partial charge in [-0.25, -0.2) is 4.39 Å². The van der Waals surface area contributed by atoms with Crippen molar-refractivity contribution in [3.05, 3.63) is 53.2 Å². The molecule has 0 unspecified atom stereocenters. The Hall–Kier alpha value is -1.59.